The fourth-order valence-electron chi connectivity index (χ4n) is 2.27. The summed E-state index contributed by atoms with van der Waals surface area (Å²) in [6.45, 7) is -0.443. The van der Waals surface area contributed by atoms with E-state index in [1.54, 1.807) is 0 Å². The van der Waals surface area contributed by atoms with E-state index in [0.717, 1.165) is 0 Å². The van der Waals surface area contributed by atoms with Gasteiger partial charge < -0.3 is 14.8 Å². The summed E-state index contributed by atoms with van der Waals surface area (Å²) in [4.78, 5) is 34.7. The van der Waals surface area contributed by atoms with Gasteiger partial charge >= 0.3 is 11.9 Å². The number of ether oxygens (including phenoxy) is 2. The summed E-state index contributed by atoms with van der Waals surface area (Å²) in [5.74, 6) is -1.34. The van der Waals surface area contributed by atoms with Crippen LogP contribution in [0, 0.1) is 0 Å². The van der Waals surface area contributed by atoms with E-state index in [1.165, 1.54) is 43.1 Å². The van der Waals surface area contributed by atoms with Crippen molar-refractivity contribution < 1.29 is 32.3 Å². The Bertz CT molecular complexity index is 774. The van der Waals surface area contributed by atoms with Gasteiger partial charge in [-0.2, -0.15) is 0 Å². The summed E-state index contributed by atoms with van der Waals surface area (Å²) in [6.07, 6.45) is 0.530. The van der Waals surface area contributed by atoms with Crippen molar-refractivity contribution in [3.05, 3.63) is 29.8 Å². The van der Waals surface area contributed by atoms with Gasteiger partial charge in [0.25, 0.3) is 5.91 Å². The molecule has 0 aliphatic carbocycles. The molecule has 1 amide bonds. The molecule has 10 heteroatoms. The third kappa shape index (κ3) is 6.34. The highest BCUT2D eigenvalue weighted by Crippen LogP contribution is 2.24. The van der Waals surface area contributed by atoms with Crippen LogP contribution in [0.1, 0.15) is 16.8 Å². The van der Waals surface area contributed by atoms with Crippen LogP contribution in [0.2, 0.25) is 0 Å². The molecule has 8 nitrogen and oxygen atoms in total. The molecule has 0 spiro atoms. The van der Waals surface area contributed by atoms with Gasteiger partial charge in [-0.15, -0.1) is 11.8 Å². The minimum Gasteiger partial charge on any atom is -0.465 e. The molecule has 1 aromatic carbocycles. The number of hydrogen-bond acceptors (Lipinski definition) is 8. The molecule has 0 bridgehead atoms. The molecule has 0 unspecified atom stereocenters. The van der Waals surface area contributed by atoms with Gasteiger partial charge in [0.2, 0.25) is 0 Å². The minimum atomic E-state index is -2.98. The number of anilines is 1. The second kappa shape index (κ2) is 9.04. The van der Waals surface area contributed by atoms with E-state index in [0.29, 0.717) is 17.7 Å². The summed E-state index contributed by atoms with van der Waals surface area (Å²) in [6, 6.07) is 6.06. The maximum Gasteiger partial charge on any atom is 0.337 e. The third-order valence-electron chi connectivity index (χ3n) is 3.58. The Balaban J connectivity index is 1.69. The molecule has 1 aliphatic heterocycles. The zero-order valence-electron chi connectivity index (χ0n) is 14.1. The van der Waals surface area contributed by atoms with Crippen LogP contribution in [0.4, 0.5) is 5.69 Å². The number of nitrogens with one attached hydrogen (secondary N) is 1. The number of hydrogen-bond donors (Lipinski definition) is 1. The quantitative estimate of drug-likeness (QED) is 0.669. The number of amides is 1. The fourth-order valence-corrected chi connectivity index (χ4v) is 5.71. The molecule has 1 N–H and O–H groups in total. The average Bonchev–Trinajstić information content (AvgIpc) is 2.97. The molecule has 142 valence electrons. The van der Waals surface area contributed by atoms with Crippen LogP contribution in [0.5, 0.6) is 0 Å². The van der Waals surface area contributed by atoms with Gasteiger partial charge in [0.1, 0.15) is 0 Å². The number of carbonyl (C=O) groups excluding carboxylic acids is 3. The molecule has 0 saturated carbocycles. The van der Waals surface area contributed by atoms with Crippen LogP contribution in [0.15, 0.2) is 24.3 Å². The Labute approximate surface area is 155 Å². The van der Waals surface area contributed by atoms with Gasteiger partial charge in [-0.05, 0) is 30.7 Å². The predicted molar refractivity (Wildman–Crippen MR) is 96.9 cm³/mol. The highest BCUT2D eigenvalue weighted by Gasteiger charge is 2.28. The van der Waals surface area contributed by atoms with Crippen LogP contribution in [0.3, 0.4) is 0 Å². The first kappa shape index (κ1) is 20.2. The minimum absolute atomic E-state index is 0.00128. The molecular weight excluding hydrogens is 382 g/mol. The molecule has 1 saturated heterocycles. The van der Waals surface area contributed by atoms with Crippen LogP contribution in [-0.4, -0.2) is 62.5 Å². The molecule has 26 heavy (non-hydrogen) atoms. The lowest BCUT2D eigenvalue weighted by molar-refractivity contribution is -0.144. The second-order valence-electron chi connectivity index (χ2n) is 5.61. The lowest BCUT2D eigenvalue weighted by Crippen LogP contribution is -2.22. The van der Waals surface area contributed by atoms with E-state index in [2.05, 4.69) is 10.1 Å². The number of methoxy groups -OCH3 is 1. The maximum absolute atomic E-state index is 11.8. The summed E-state index contributed by atoms with van der Waals surface area (Å²) in [5, 5.41) is 2.43. The summed E-state index contributed by atoms with van der Waals surface area (Å²) >= 11 is 1.23. The summed E-state index contributed by atoms with van der Waals surface area (Å²) in [7, 11) is -1.71. The van der Waals surface area contributed by atoms with Gasteiger partial charge in [0.05, 0.1) is 29.9 Å². The molecule has 1 aliphatic rings. The Morgan fingerprint density at radius 3 is 2.50 bits per heavy atom. The van der Waals surface area contributed by atoms with E-state index in [4.69, 9.17) is 4.74 Å². The topological polar surface area (TPSA) is 116 Å². The zero-order valence-corrected chi connectivity index (χ0v) is 15.7. The molecule has 1 fully saturated rings. The Kier molecular flexibility index (Phi) is 7.04. The molecular formula is C16H19NO7S2. The zero-order chi connectivity index (χ0) is 19.2. The molecule has 1 heterocycles. The molecule has 0 radical (unpaired) electrons. The van der Waals surface area contributed by atoms with Crippen molar-refractivity contribution in [2.45, 2.75) is 11.7 Å². The van der Waals surface area contributed by atoms with Gasteiger partial charge in [0.15, 0.2) is 16.4 Å². The SMILES string of the molecule is COC(=O)c1ccc(NC(=O)COC(=O)CS[C@@H]2CCS(=O)(=O)C2)cc1. The van der Waals surface area contributed by atoms with Gasteiger partial charge in [-0.1, -0.05) is 0 Å². The molecule has 2 rings (SSSR count). The van der Waals surface area contributed by atoms with E-state index in [9.17, 15) is 22.8 Å². The normalized spacial score (nSPS) is 18.1. The monoisotopic (exact) mass is 401 g/mol. The van der Waals surface area contributed by atoms with Gasteiger partial charge in [-0.25, -0.2) is 13.2 Å². The fraction of sp³-hybridized carbons (Fsp3) is 0.438. The van der Waals surface area contributed by atoms with Crippen molar-refractivity contribution in [1.82, 2.24) is 0 Å². The Hall–Kier alpha value is -2.07. The molecule has 1 aromatic rings. The van der Waals surface area contributed by atoms with Gasteiger partial charge in [-0.3, -0.25) is 9.59 Å². The first-order valence-electron chi connectivity index (χ1n) is 7.75. The first-order valence-corrected chi connectivity index (χ1v) is 10.6. The second-order valence-corrected chi connectivity index (χ2v) is 9.13. The first-order chi connectivity index (χ1) is 12.3. The average molecular weight is 401 g/mol. The van der Waals surface area contributed by atoms with Crippen molar-refractivity contribution in [2.75, 3.05) is 36.3 Å². The van der Waals surface area contributed by atoms with Crippen molar-refractivity contribution in [1.29, 1.82) is 0 Å². The lowest BCUT2D eigenvalue weighted by Gasteiger charge is -2.09. The van der Waals surface area contributed by atoms with Crippen LogP contribution < -0.4 is 5.32 Å². The smallest absolute Gasteiger partial charge is 0.337 e. The highest BCUT2D eigenvalue weighted by atomic mass is 32.2. The lowest BCUT2D eigenvalue weighted by atomic mass is 10.2. The number of esters is 2. The highest BCUT2D eigenvalue weighted by molar-refractivity contribution is 8.02. The van der Waals surface area contributed by atoms with Crippen molar-refractivity contribution >= 4 is 45.1 Å². The van der Waals surface area contributed by atoms with E-state index in [1.807, 2.05) is 0 Å². The largest absolute Gasteiger partial charge is 0.465 e. The molecule has 0 aromatic heterocycles. The van der Waals surface area contributed by atoms with Crippen molar-refractivity contribution in [3.63, 3.8) is 0 Å². The van der Waals surface area contributed by atoms with Crippen LogP contribution in [0.25, 0.3) is 0 Å². The molecule has 1 atom stereocenters. The number of thioether (sulfide) groups is 1. The van der Waals surface area contributed by atoms with E-state index < -0.39 is 34.3 Å². The number of sulfone groups is 1. The number of benzene rings is 1. The predicted octanol–water partition coefficient (Wildman–Crippen LogP) is 0.875. The van der Waals surface area contributed by atoms with E-state index in [-0.39, 0.29) is 22.5 Å². The van der Waals surface area contributed by atoms with Gasteiger partial charge in [0, 0.05) is 10.9 Å². The summed E-state index contributed by atoms with van der Waals surface area (Å²) in [5.41, 5.74) is 0.798. The third-order valence-corrected chi connectivity index (χ3v) is 6.84. The van der Waals surface area contributed by atoms with Crippen molar-refractivity contribution in [3.8, 4) is 0 Å². The maximum atomic E-state index is 11.8. The number of rotatable bonds is 7. The van der Waals surface area contributed by atoms with Crippen LogP contribution in [-0.2, 0) is 28.9 Å². The summed E-state index contributed by atoms with van der Waals surface area (Å²) < 4.78 is 32.1. The standard InChI is InChI=1S/C16H19NO7S2/c1-23-16(20)11-2-4-12(5-3-11)17-14(18)8-24-15(19)9-25-13-6-7-26(21,22)10-13/h2-5,13H,6-10H2,1H3,(H,17,18)/t13-/m1/s1. The van der Waals surface area contributed by atoms with E-state index >= 15 is 0 Å². The Morgan fingerprint density at radius 1 is 1.23 bits per heavy atom. The van der Waals surface area contributed by atoms with Crippen LogP contribution >= 0.6 is 11.8 Å². The van der Waals surface area contributed by atoms with Crippen molar-refractivity contribution in [2.24, 2.45) is 0 Å². The Morgan fingerprint density at radius 2 is 1.92 bits per heavy atom. The number of carbonyl (C=O) groups is 3.